The molecule has 0 radical (unpaired) electrons. The number of nitrogens with zero attached hydrogens (tertiary/aromatic N) is 1. The Bertz CT molecular complexity index is 1350. The van der Waals surface area contributed by atoms with Gasteiger partial charge in [0.2, 0.25) is 5.91 Å². The molecule has 1 aliphatic heterocycles. The summed E-state index contributed by atoms with van der Waals surface area (Å²) in [6.45, 7) is 5.43. The van der Waals surface area contributed by atoms with Gasteiger partial charge in [-0.25, -0.2) is 4.79 Å². The van der Waals surface area contributed by atoms with Crippen molar-refractivity contribution >= 4 is 17.7 Å². The second-order valence-corrected chi connectivity index (χ2v) is 10.8. The third kappa shape index (κ3) is 10.8. The second-order valence-electron chi connectivity index (χ2n) is 10.8. The SMILES string of the molecule is CCOCCC(=O)Nc1cccc(COC2CN(C(=O)O)CCC2c2ccc(OCCCOCc3ccccc3OC)cc2)c1. The highest BCUT2D eigenvalue weighted by Gasteiger charge is 2.33. The summed E-state index contributed by atoms with van der Waals surface area (Å²) in [5.74, 6) is 1.50. The lowest BCUT2D eigenvalue weighted by Gasteiger charge is -2.37. The first-order valence-electron chi connectivity index (χ1n) is 15.4. The Morgan fingerprint density at radius 2 is 1.78 bits per heavy atom. The normalized spacial score (nSPS) is 16.3. The molecule has 0 saturated carbocycles. The number of hydrogen-bond acceptors (Lipinski definition) is 7. The molecular formula is C35H44N2O8. The summed E-state index contributed by atoms with van der Waals surface area (Å²) in [4.78, 5) is 25.4. The van der Waals surface area contributed by atoms with Gasteiger partial charge in [0, 0.05) is 36.7 Å². The molecule has 10 nitrogen and oxygen atoms in total. The van der Waals surface area contributed by atoms with E-state index in [1.807, 2.05) is 79.7 Å². The molecule has 10 heteroatoms. The smallest absolute Gasteiger partial charge is 0.407 e. The predicted molar refractivity (Wildman–Crippen MR) is 171 cm³/mol. The molecule has 4 rings (SSSR count). The molecule has 0 spiro atoms. The van der Waals surface area contributed by atoms with E-state index in [1.165, 1.54) is 4.90 Å². The molecule has 45 heavy (non-hydrogen) atoms. The number of hydrogen-bond donors (Lipinski definition) is 2. The maximum atomic E-state index is 12.2. The highest BCUT2D eigenvalue weighted by molar-refractivity contribution is 5.90. The lowest BCUT2D eigenvalue weighted by Crippen LogP contribution is -2.46. The summed E-state index contributed by atoms with van der Waals surface area (Å²) >= 11 is 0. The minimum atomic E-state index is -0.950. The minimum Gasteiger partial charge on any atom is -0.496 e. The van der Waals surface area contributed by atoms with Gasteiger partial charge in [-0.3, -0.25) is 4.79 Å². The summed E-state index contributed by atoms with van der Waals surface area (Å²) in [7, 11) is 1.65. The summed E-state index contributed by atoms with van der Waals surface area (Å²) in [6.07, 6.45) is 0.405. The van der Waals surface area contributed by atoms with E-state index in [9.17, 15) is 14.7 Å². The van der Waals surface area contributed by atoms with E-state index >= 15 is 0 Å². The molecule has 3 aromatic rings. The van der Waals surface area contributed by atoms with Crippen LogP contribution in [-0.2, 0) is 32.2 Å². The van der Waals surface area contributed by atoms with Crippen LogP contribution in [-0.4, -0.2) is 74.7 Å². The zero-order valence-corrected chi connectivity index (χ0v) is 26.1. The molecule has 2 atom stereocenters. The summed E-state index contributed by atoms with van der Waals surface area (Å²) in [5, 5.41) is 12.5. The van der Waals surface area contributed by atoms with Gasteiger partial charge in [0.15, 0.2) is 0 Å². The van der Waals surface area contributed by atoms with Crippen molar-refractivity contribution in [2.75, 3.05) is 51.9 Å². The topological polar surface area (TPSA) is 116 Å². The molecule has 1 aliphatic rings. The van der Waals surface area contributed by atoms with E-state index in [0.29, 0.717) is 51.7 Å². The number of para-hydroxylation sites is 1. The van der Waals surface area contributed by atoms with E-state index in [1.54, 1.807) is 7.11 Å². The molecule has 2 amide bonds. The number of piperidine rings is 1. The third-order valence-corrected chi connectivity index (χ3v) is 7.64. The first kappa shape index (κ1) is 33.8. The summed E-state index contributed by atoms with van der Waals surface area (Å²) in [6, 6.07) is 23.3. The standard InChI is InChI=1S/C35H44N2O8/c1-3-42-21-17-34(38)36-29-10-6-8-26(22-29)24-45-33-23-37(35(39)40)18-16-31(33)27-12-14-30(15-13-27)44-20-7-19-43-25-28-9-4-5-11-32(28)41-2/h4-6,8-15,22,31,33H,3,7,16-21,23-25H2,1-2H3,(H,36,38)(H,39,40). The lowest BCUT2D eigenvalue weighted by molar-refractivity contribution is -0.117. The zero-order valence-electron chi connectivity index (χ0n) is 26.1. The Hall–Kier alpha value is -4.12. The van der Waals surface area contributed by atoms with Crippen molar-refractivity contribution in [2.45, 2.75) is 51.4 Å². The number of amides is 2. The molecule has 1 fully saturated rings. The third-order valence-electron chi connectivity index (χ3n) is 7.64. The van der Waals surface area contributed by atoms with Crippen LogP contribution in [0.4, 0.5) is 10.5 Å². The van der Waals surface area contributed by atoms with Crippen LogP contribution in [0.3, 0.4) is 0 Å². The quantitative estimate of drug-likeness (QED) is 0.174. The Labute approximate surface area is 265 Å². The van der Waals surface area contributed by atoms with Gasteiger partial charge in [0.1, 0.15) is 11.5 Å². The van der Waals surface area contributed by atoms with Crippen molar-refractivity contribution in [2.24, 2.45) is 0 Å². The van der Waals surface area contributed by atoms with Gasteiger partial charge in [-0.2, -0.15) is 0 Å². The van der Waals surface area contributed by atoms with Crippen LogP contribution >= 0.6 is 0 Å². The van der Waals surface area contributed by atoms with Crippen LogP contribution in [0.15, 0.2) is 72.8 Å². The van der Waals surface area contributed by atoms with Gasteiger partial charge in [0.25, 0.3) is 0 Å². The number of benzene rings is 3. The monoisotopic (exact) mass is 620 g/mol. The van der Waals surface area contributed by atoms with Crippen molar-refractivity contribution < 1.29 is 38.4 Å². The van der Waals surface area contributed by atoms with Crippen LogP contribution in [0.1, 0.15) is 48.8 Å². The fourth-order valence-corrected chi connectivity index (χ4v) is 5.28. The van der Waals surface area contributed by atoms with Gasteiger partial charge in [-0.15, -0.1) is 0 Å². The molecular weight excluding hydrogens is 576 g/mol. The number of carboxylic acid groups (broad SMARTS) is 1. The van der Waals surface area contributed by atoms with Crippen molar-refractivity contribution in [1.82, 2.24) is 4.90 Å². The predicted octanol–water partition coefficient (Wildman–Crippen LogP) is 6.10. The molecule has 3 aromatic carbocycles. The van der Waals surface area contributed by atoms with Gasteiger partial charge in [-0.05, 0) is 54.8 Å². The second kappa shape index (κ2) is 18.0. The molecule has 1 saturated heterocycles. The van der Waals surface area contributed by atoms with Gasteiger partial charge >= 0.3 is 6.09 Å². The molecule has 242 valence electrons. The molecule has 0 bridgehead atoms. The van der Waals surface area contributed by atoms with Crippen LogP contribution in [0.2, 0.25) is 0 Å². The first-order chi connectivity index (χ1) is 22.0. The Morgan fingerprint density at radius 1 is 0.956 bits per heavy atom. The lowest BCUT2D eigenvalue weighted by atomic mass is 9.87. The number of carbonyl (C=O) groups is 2. The van der Waals surface area contributed by atoms with Crippen LogP contribution in [0.5, 0.6) is 11.5 Å². The number of methoxy groups -OCH3 is 1. The number of nitrogens with one attached hydrogen (secondary N) is 1. The fourth-order valence-electron chi connectivity index (χ4n) is 5.28. The molecule has 0 aromatic heterocycles. The van der Waals surface area contributed by atoms with E-state index in [-0.39, 0.29) is 37.5 Å². The highest BCUT2D eigenvalue weighted by Crippen LogP contribution is 2.32. The highest BCUT2D eigenvalue weighted by atomic mass is 16.5. The van der Waals surface area contributed by atoms with Crippen molar-refractivity contribution in [3.8, 4) is 11.5 Å². The van der Waals surface area contributed by atoms with Crippen molar-refractivity contribution in [1.29, 1.82) is 0 Å². The Morgan fingerprint density at radius 3 is 2.56 bits per heavy atom. The maximum Gasteiger partial charge on any atom is 0.407 e. The van der Waals surface area contributed by atoms with E-state index in [0.717, 1.165) is 34.6 Å². The number of carbonyl (C=O) groups excluding carboxylic acids is 1. The Kier molecular flexibility index (Phi) is 13.5. The fraction of sp³-hybridized carbons (Fsp3) is 0.429. The van der Waals surface area contributed by atoms with E-state index in [4.69, 9.17) is 23.7 Å². The van der Waals surface area contributed by atoms with Crippen LogP contribution in [0.25, 0.3) is 0 Å². The zero-order chi connectivity index (χ0) is 31.9. The number of ether oxygens (including phenoxy) is 5. The number of anilines is 1. The summed E-state index contributed by atoms with van der Waals surface area (Å²) < 4.78 is 28.7. The molecule has 0 aliphatic carbocycles. The van der Waals surface area contributed by atoms with Gasteiger partial charge < -0.3 is 39.0 Å². The van der Waals surface area contributed by atoms with Gasteiger partial charge in [-0.1, -0.05) is 42.5 Å². The number of rotatable bonds is 17. The number of likely N-dealkylation sites (tertiary alicyclic amines) is 1. The van der Waals surface area contributed by atoms with Crippen LogP contribution in [0, 0.1) is 0 Å². The average Bonchev–Trinajstić information content (AvgIpc) is 3.06. The summed E-state index contributed by atoms with van der Waals surface area (Å²) in [5.41, 5.74) is 3.66. The Balaban J connectivity index is 1.27. The van der Waals surface area contributed by atoms with E-state index in [2.05, 4.69) is 5.32 Å². The first-order valence-corrected chi connectivity index (χ1v) is 15.4. The maximum absolute atomic E-state index is 12.2. The van der Waals surface area contributed by atoms with Crippen molar-refractivity contribution in [3.63, 3.8) is 0 Å². The van der Waals surface area contributed by atoms with Crippen molar-refractivity contribution in [3.05, 3.63) is 89.5 Å². The van der Waals surface area contributed by atoms with E-state index < -0.39 is 6.09 Å². The molecule has 2 unspecified atom stereocenters. The largest absolute Gasteiger partial charge is 0.496 e. The van der Waals surface area contributed by atoms with Gasteiger partial charge in [0.05, 0.1) is 59.2 Å². The molecule has 1 heterocycles. The van der Waals surface area contributed by atoms with Crippen LogP contribution < -0.4 is 14.8 Å². The minimum absolute atomic E-state index is 0.0273. The molecule has 2 N–H and O–H groups in total. The average molecular weight is 621 g/mol.